The zero-order chi connectivity index (χ0) is 15.0. The van der Waals surface area contributed by atoms with E-state index in [4.69, 9.17) is 11.6 Å². The van der Waals surface area contributed by atoms with Crippen LogP contribution < -0.4 is 0 Å². The van der Waals surface area contributed by atoms with Crippen LogP contribution in [-0.4, -0.2) is 39.0 Å². The van der Waals surface area contributed by atoms with Crippen molar-refractivity contribution in [2.24, 2.45) is 5.92 Å². The number of halogens is 1. The van der Waals surface area contributed by atoms with Gasteiger partial charge in [0.15, 0.2) is 0 Å². The number of carboxylic acids is 1. The van der Waals surface area contributed by atoms with E-state index in [0.29, 0.717) is 17.4 Å². The number of rotatable bonds is 2. The van der Waals surface area contributed by atoms with Crippen molar-refractivity contribution in [1.29, 1.82) is 0 Å². The lowest BCUT2D eigenvalue weighted by atomic mass is 9.84. The van der Waals surface area contributed by atoms with Crippen molar-refractivity contribution in [1.82, 2.24) is 9.88 Å². The Morgan fingerprint density at radius 3 is 2.81 bits per heavy atom. The highest BCUT2D eigenvalue weighted by Crippen LogP contribution is 2.40. The molecule has 0 aromatic carbocycles. The number of nitrogens with zero attached hydrogens (tertiary/aromatic N) is 2. The summed E-state index contributed by atoms with van der Waals surface area (Å²) in [4.78, 5) is 29.8. The van der Waals surface area contributed by atoms with E-state index in [1.807, 2.05) is 0 Å². The molecule has 112 valence electrons. The lowest BCUT2D eigenvalue weighted by Crippen LogP contribution is -2.46. The molecular weight excluding hydrogens is 292 g/mol. The van der Waals surface area contributed by atoms with Crippen molar-refractivity contribution in [3.05, 3.63) is 29.0 Å². The summed E-state index contributed by atoms with van der Waals surface area (Å²) in [6.07, 6.45) is 7.50. The molecule has 3 atom stereocenters. The highest BCUT2D eigenvalue weighted by atomic mass is 35.5. The van der Waals surface area contributed by atoms with E-state index in [9.17, 15) is 14.7 Å². The molecular formula is C15H17ClN2O3. The Kier molecular flexibility index (Phi) is 3.85. The molecule has 1 aromatic rings. The third-order valence-electron chi connectivity index (χ3n) is 4.61. The first kappa shape index (κ1) is 14.3. The van der Waals surface area contributed by atoms with Gasteiger partial charge in [0, 0.05) is 18.4 Å². The van der Waals surface area contributed by atoms with Crippen molar-refractivity contribution in [2.75, 3.05) is 0 Å². The summed E-state index contributed by atoms with van der Waals surface area (Å²) in [5.41, 5.74) is 0.289. The smallest absolute Gasteiger partial charge is 0.326 e. The number of carboxylic acid groups (broad SMARTS) is 1. The van der Waals surface area contributed by atoms with Gasteiger partial charge in [0.25, 0.3) is 5.91 Å². The van der Waals surface area contributed by atoms with Gasteiger partial charge in [-0.25, -0.2) is 4.79 Å². The van der Waals surface area contributed by atoms with Gasteiger partial charge in [0.1, 0.15) is 6.04 Å². The average Bonchev–Trinajstić information content (AvgIpc) is 2.86. The minimum atomic E-state index is -0.933. The first-order chi connectivity index (χ1) is 10.1. The maximum atomic E-state index is 12.8. The summed E-state index contributed by atoms with van der Waals surface area (Å²) in [6, 6.07) is 0.824. The third kappa shape index (κ3) is 2.50. The molecule has 0 radical (unpaired) electrons. The summed E-state index contributed by atoms with van der Waals surface area (Å²) in [6.45, 7) is 0. The Hall–Kier alpha value is -1.62. The van der Waals surface area contributed by atoms with Crippen LogP contribution in [-0.2, 0) is 4.79 Å². The second kappa shape index (κ2) is 5.64. The monoisotopic (exact) mass is 308 g/mol. The normalized spacial score (nSPS) is 28.2. The van der Waals surface area contributed by atoms with E-state index in [-0.39, 0.29) is 17.5 Å². The molecule has 6 heteroatoms. The van der Waals surface area contributed by atoms with Gasteiger partial charge in [-0.2, -0.15) is 0 Å². The first-order valence-corrected chi connectivity index (χ1v) is 7.62. The first-order valence-electron chi connectivity index (χ1n) is 7.24. The molecule has 1 amide bonds. The lowest BCUT2D eigenvalue weighted by Gasteiger charge is -2.33. The number of fused-ring (bicyclic) bond motifs is 1. The molecule has 1 saturated heterocycles. The van der Waals surface area contributed by atoms with Crippen molar-refractivity contribution in [3.8, 4) is 0 Å². The van der Waals surface area contributed by atoms with Gasteiger partial charge in [-0.15, -0.1) is 0 Å². The number of carbonyl (C=O) groups excluding carboxylic acids is 1. The van der Waals surface area contributed by atoms with Gasteiger partial charge in [0.2, 0.25) is 0 Å². The molecule has 3 unspecified atom stereocenters. The Morgan fingerprint density at radius 1 is 1.33 bits per heavy atom. The topological polar surface area (TPSA) is 70.5 Å². The fourth-order valence-electron chi connectivity index (χ4n) is 3.65. The number of carbonyl (C=O) groups is 2. The number of aromatic nitrogens is 1. The minimum Gasteiger partial charge on any atom is -0.480 e. The fraction of sp³-hybridized carbons (Fsp3) is 0.533. The third-order valence-corrected chi connectivity index (χ3v) is 4.94. The highest BCUT2D eigenvalue weighted by Gasteiger charge is 2.47. The van der Waals surface area contributed by atoms with Crippen LogP contribution in [0, 0.1) is 5.92 Å². The molecule has 1 aromatic heterocycles. The standard InChI is InChI=1S/C15H17ClN2O3/c16-11-5-6-17-8-10(11)14(19)18-12-4-2-1-3-9(12)7-13(18)15(20)21/h5-6,8-9,12-13H,1-4,7H2,(H,20,21). The molecule has 0 bridgehead atoms. The summed E-state index contributed by atoms with van der Waals surface area (Å²) >= 11 is 6.07. The number of hydrogen-bond donors (Lipinski definition) is 1. The van der Waals surface area contributed by atoms with Crippen LogP contribution in [0.25, 0.3) is 0 Å². The Balaban J connectivity index is 1.95. The highest BCUT2D eigenvalue weighted by molar-refractivity contribution is 6.33. The second-order valence-corrected chi connectivity index (χ2v) is 6.18. The number of aliphatic carboxylic acids is 1. The number of amides is 1. The molecule has 2 fully saturated rings. The van der Waals surface area contributed by atoms with Crippen LogP contribution >= 0.6 is 11.6 Å². The molecule has 1 N–H and O–H groups in total. The summed E-state index contributed by atoms with van der Waals surface area (Å²) in [5, 5.41) is 9.77. The second-order valence-electron chi connectivity index (χ2n) is 5.77. The maximum Gasteiger partial charge on any atom is 0.326 e. The Morgan fingerprint density at radius 2 is 2.10 bits per heavy atom. The van der Waals surface area contributed by atoms with Crippen LogP contribution in [0.3, 0.4) is 0 Å². The Labute approximate surface area is 127 Å². The number of pyridine rings is 1. The number of likely N-dealkylation sites (tertiary alicyclic amines) is 1. The molecule has 2 heterocycles. The Bertz CT molecular complexity index is 578. The summed E-state index contributed by atoms with van der Waals surface area (Å²) < 4.78 is 0. The molecule has 21 heavy (non-hydrogen) atoms. The van der Waals surface area contributed by atoms with Gasteiger partial charge >= 0.3 is 5.97 Å². The van der Waals surface area contributed by atoms with Gasteiger partial charge in [-0.3, -0.25) is 9.78 Å². The SMILES string of the molecule is O=C(O)C1CC2CCCCC2N1C(=O)c1cnccc1Cl. The van der Waals surface area contributed by atoms with E-state index < -0.39 is 12.0 Å². The average molecular weight is 309 g/mol. The van der Waals surface area contributed by atoms with E-state index in [0.717, 1.165) is 25.7 Å². The quantitative estimate of drug-likeness (QED) is 0.911. The van der Waals surface area contributed by atoms with E-state index in [1.165, 1.54) is 17.3 Å². The van der Waals surface area contributed by atoms with E-state index in [2.05, 4.69) is 4.98 Å². The number of hydrogen-bond acceptors (Lipinski definition) is 3. The van der Waals surface area contributed by atoms with Crippen molar-refractivity contribution < 1.29 is 14.7 Å². The molecule has 1 saturated carbocycles. The van der Waals surface area contributed by atoms with Gasteiger partial charge < -0.3 is 10.0 Å². The van der Waals surface area contributed by atoms with E-state index in [1.54, 1.807) is 6.07 Å². The molecule has 1 aliphatic carbocycles. The van der Waals surface area contributed by atoms with Crippen LogP contribution in [0.1, 0.15) is 42.5 Å². The maximum absolute atomic E-state index is 12.8. The molecule has 1 aliphatic heterocycles. The van der Waals surface area contributed by atoms with Crippen molar-refractivity contribution >= 4 is 23.5 Å². The zero-order valence-electron chi connectivity index (χ0n) is 11.5. The molecule has 2 aliphatic rings. The van der Waals surface area contributed by atoms with Gasteiger partial charge in [0.05, 0.1) is 10.6 Å². The van der Waals surface area contributed by atoms with E-state index >= 15 is 0 Å². The molecule has 3 rings (SSSR count). The predicted molar refractivity (Wildman–Crippen MR) is 77.2 cm³/mol. The van der Waals surface area contributed by atoms with Gasteiger partial charge in [-0.05, 0) is 31.2 Å². The largest absolute Gasteiger partial charge is 0.480 e. The lowest BCUT2D eigenvalue weighted by molar-refractivity contribution is -0.141. The van der Waals surface area contributed by atoms with Crippen molar-refractivity contribution in [3.63, 3.8) is 0 Å². The zero-order valence-corrected chi connectivity index (χ0v) is 12.3. The summed E-state index contributed by atoms with van der Waals surface area (Å²) in [7, 11) is 0. The fourth-order valence-corrected chi connectivity index (χ4v) is 3.83. The van der Waals surface area contributed by atoms with Crippen molar-refractivity contribution in [2.45, 2.75) is 44.2 Å². The van der Waals surface area contributed by atoms with Crippen LogP contribution in [0.2, 0.25) is 5.02 Å². The van der Waals surface area contributed by atoms with Gasteiger partial charge in [-0.1, -0.05) is 24.4 Å². The predicted octanol–water partition coefficient (Wildman–Crippen LogP) is 2.59. The summed E-state index contributed by atoms with van der Waals surface area (Å²) in [5.74, 6) is -0.952. The molecule has 0 spiro atoms. The minimum absolute atomic E-state index is 0.0172. The van der Waals surface area contributed by atoms with Crippen LogP contribution in [0.15, 0.2) is 18.5 Å². The van der Waals surface area contributed by atoms with Crippen LogP contribution in [0.5, 0.6) is 0 Å². The molecule has 5 nitrogen and oxygen atoms in total. The van der Waals surface area contributed by atoms with Crippen LogP contribution in [0.4, 0.5) is 0 Å².